The van der Waals surface area contributed by atoms with Gasteiger partial charge in [-0.15, -0.1) is 0 Å². The maximum absolute atomic E-state index is 5.50. The van der Waals surface area contributed by atoms with E-state index < -0.39 is 0 Å². The molecule has 110 valence electrons. The number of hydrogen-bond donors (Lipinski definition) is 1. The third-order valence-electron chi connectivity index (χ3n) is 5.29. The maximum Gasteiger partial charge on any atom is 0.0469 e. The number of nitrogens with one attached hydrogen (secondary N) is 1. The van der Waals surface area contributed by atoms with Crippen LogP contribution in [-0.2, 0) is 4.74 Å². The average molecular weight is 266 g/mol. The van der Waals surface area contributed by atoms with E-state index in [1.165, 1.54) is 45.3 Å². The molecule has 0 radical (unpaired) electrons. The first-order valence-electron chi connectivity index (χ1n) is 8.29. The molecule has 19 heavy (non-hydrogen) atoms. The predicted molar refractivity (Wildman–Crippen MR) is 78.3 cm³/mol. The molecule has 1 saturated carbocycles. The van der Waals surface area contributed by atoms with Gasteiger partial charge >= 0.3 is 0 Å². The summed E-state index contributed by atoms with van der Waals surface area (Å²) in [5.74, 6) is 2.61. The summed E-state index contributed by atoms with van der Waals surface area (Å²) in [5.41, 5.74) is 0. The molecular formula is C16H30N2O. The summed E-state index contributed by atoms with van der Waals surface area (Å²) >= 11 is 0. The molecule has 3 heteroatoms. The SMILES string of the molecule is CC(C)C1CN(CC2CCOCC2)C(C2CC2)CN1. The minimum Gasteiger partial charge on any atom is -0.381 e. The summed E-state index contributed by atoms with van der Waals surface area (Å²) < 4.78 is 5.50. The molecule has 0 aromatic rings. The van der Waals surface area contributed by atoms with Crippen LogP contribution in [0.5, 0.6) is 0 Å². The number of piperazine rings is 1. The molecule has 2 unspecified atom stereocenters. The Labute approximate surface area is 118 Å². The fraction of sp³-hybridized carbons (Fsp3) is 1.00. The number of hydrogen-bond acceptors (Lipinski definition) is 3. The average Bonchev–Trinajstić information content (AvgIpc) is 3.24. The molecule has 0 bridgehead atoms. The summed E-state index contributed by atoms with van der Waals surface area (Å²) in [5, 5.41) is 3.79. The molecule has 2 saturated heterocycles. The van der Waals surface area contributed by atoms with E-state index in [9.17, 15) is 0 Å². The fourth-order valence-corrected chi connectivity index (χ4v) is 3.72. The second kappa shape index (κ2) is 6.11. The first-order chi connectivity index (χ1) is 9.24. The zero-order chi connectivity index (χ0) is 13.2. The van der Waals surface area contributed by atoms with E-state index >= 15 is 0 Å². The molecule has 3 fully saturated rings. The van der Waals surface area contributed by atoms with Gasteiger partial charge in [0.05, 0.1) is 0 Å². The van der Waals surface area contributed by atoms with Crippen LogP contribution in [0.15, 0.2) is 0 Å². The highest BCUT2D eigenvalue weighted by atomic mass is 16.5. The lowest BCUT2D eigenvalue weighted by Gasteiger charge is -2.44. The predicted octanol–water partition coefficient (Wildman–Crippen LogP) is 2.12. The lowest BCUT2D eigenvalue weighted by atomic mass is 9.94. The van der Waals surface area contributed by atoms with Crippen LogP contribution in [0.4, 0.5) is 0 Å². The molecule has 0 aromatic heterocycles. The van der Waals surface area contributed by atoms with E-state index in [4.69, 9.17) is 4.74 Å². The highest BCUT2D eigenvalue weighted by Gasteiger charge is 2.39. The van der Waals surface area contributed by atoms with Crippen molar-refractivity contribution in [1.29, 1.82) is 0 Å². The van der Waals surface area contributed by atoms with Crippen LogP contribution in [-0.4, -0.2) is 49.8 Å². The van der Waals surface area contributed by atoms with Gasteiger partial charge in [-0.25, -0.2) is 0 Å². The van der Waals surface area contributed by atoms with Gasteiger partial charge in [-0.2, -0.15) is 0 Å². The second-order valence-corrected chi connectivity index (χ2v) is 7.17. The second-order valence-electron chi connectivity index (χ2n) is 7.17. The quantitative estimate of drug-likeness (QED) is 0.843. The Morgan fingerprint density at radius 1 is 1.16 bits per heavy atom. The van der Waals surface area contributed by atoms with Crippen LogP contribution < -0.4 is 5.32 Å². The first kappa shape index (κ1) is 13.8. The van der Waals surface area contributed by atoms with Crippen molar-refractivity contribution in [3.05, 3.63) is 0 Å². The Morgan fingerprint density at radius 3 is 2.53 bits per heavy atom. The van der Waals surface area contributed by atoms with E-state index in [2.05, 4.69) is 24.1 Å². The van der Waals surface area contributed by atoms with Crippen LogP contribution in [0.25, 0.3) is 0 Å². The normalized spacial score (nSPS) is 34.9. The summed E-state index contributed by atoms with van der Waals surface area (Å²) in [6.45, 7) is 10.5. The first-order valence-corrected chi connectivity index (χ1v) is 8.29. The highest BCUT2D eigenvalue weighted by Crippen LogP contribution is 2.37. The van der Waals surface area contributed by atoms with Gasteiger partial charge in [0.25, 0.3) is 0 Å². The molecule has 0 aromatic carbocycles. The Bertz CT molecular complexity index is 284. The molecule has 0 amide bonds. The van der Waals surface area contributed by atoms with Crippen molar-refractivity contribution in [2.75, 3.05) is 32.8 Å². The van der Waals surface area contributed by atoms with Crippen molar-refractivity contribution in [2.24, 2.45) is 17.8 Å². The lowest BCUT2D eigenvalue weighted by molar-refractivity contribution is 0.0284. The van der Waals surface area contributed by atoms with Crippen molar-refractivity contribution < 1.29 is 4.74 Å². The smallest absolute Gasteiger partial charge is 0.0469 e. The number of rotatable bonds is 4. The Balaban J connectivity index is 1.59. The van der Waals surface area contributed by atoms with Gasteiger partial charge in [0.15, 0.2) is 0 Å². The van der Waals surface area contributed by atoms with Gasteiger partial charge in [-0.05, 0) is 43.4 Å². The number of ether oxygens (including phenoxy) is 1. The van der Waals surface area contributed by atoms with Crippen LogP contribution >= 0.6 is 0 Å². The third-order valence-corrected chi connectivity index (χ3v) is 5.29. The van der Waals surface area contributed by atoms with E-state index in [1.54, 1.807) is 0 Å². The molecule has 3 aliphatic rings. The highest BCUT2D eigenvalue weighted by molar-refractivity contribution is 4.96. The molecule has 1 N–H and O–H groups in total. The maximum atomic E-state index is 5.50. The summed E-state index contributed by atoms with van der Waals surface area (Å²) in [4.78, 5) is 2.83. The summed E-state index contributed by atoms with van der Waals surface area (Å²) in [7, 11) is 0. The van der Waals surface area contributed by atoms with Gasteiger partial charge < -0.3 is 10.1 Å². The Hall–Kier alpha value is -0.120. The van der Waals surface area contributed by atoms with Crippen LogP contribution in [0.2, 0.25) is 0 Å². The van der Waals surface area contributed by atoms with Crippen LogP contribution in [0, 0.1) is 17.8 Å². The molecule has 3 rings (SSSR count). The fourth-order valence-electron chi connectivity index (χ4n) is 3.72. The van der Waals surface area contributed by atoms with Crippen molar-refractivity contribution in [3.63, 3.8) is 0 Å². The number of nitrogens with zero attached hydrogens (tertiary/aromatic N) is 1. The lowest BCUT2D eigenvalue weighted by Crippen LogP contribution is -2.59. The van der Waals surface area contributed by atoms with E-state index in [-0.39, 0.29) is 0 Å². The minimum atomic E-state index is 0.690. The summed E-state index contributed by atoms with van der Waals surface area (Å²) in [6.07, 6.45) is 5.47. The topological polar surface area (TPSA) is 24.5 Å². The summed E-state index contributed by atoms with van der Waals surface area (Å²) in [6, 6.07) is 1.51. The Morgan fingerprint density at radius 2 is 1.89 bits per heavy atom. The molecule has 2 aliphatic heterocycles. The molecular weight excluding hydrogens is 236 g/mol. The van der Waals surface area contributed by atoms with Crippen molar-refractivity contribution in [2.45, 2.75) is 51.6 Å². The van der Waals surface area contributed by atoms with Crippen molar-refractivity contribution in [3.8, 4) is 0 Å². The standard InChI is InChI=1S/C16H30N2O/c1-12(2)15-11-18(10-13-5-7-19-8-6-13)16(9-17-15)14-3-4-14/h12-17H,3-11H2,1-2H3. The molecule has 1 aliphatic carbocycles. The van der Waals surface area contributed by atoms with E-state index in [0.29, 0.717) is 6.04 Å². The van der Waals surface area contributed by atoms with Gasteiger partial charge in [-0.1, -0.05) is 13.8 Å². The van der Waals surface area contributed by atoms with Crippen LogP contribution in [0.3, 0.4) is 0 Å². The van der Waals surface area contributed by atoms with Gasteiger partial charge in [0.2, 0.25) is 0 Å². The monoisotopic (exact) mass is 266 g/mol. The zero-order valence-electron chi connectivity index (χ0n) is 12.6. The Kier molecular flexibility index (Phi) is 4.45. The molecule has 2 atom stereocenters. The van der Waals surface area contributed by atoms with Crippen molar-refractivity contribution in [1.82, 2.24) is 10.2 Å². The zero-order valence-corrected chi connectivity index (χ0v) is 12.6. The molecule has 0 spiro atoms. The largest absolute Gasteiger partial charge is 0.381 e. The minimum absolute atomic E-state index is 0.690. The van der Waals surface area contributed by atoms with E-state index in [1.807, 2.05) is 0 Å². The molecule has 2 heterocycles. The van der Waals surface area contributed by atoms with E-state index in [0.717, 1.165) is 37.0 Å². The molecule has 3 nitrogen and oxygen atoms in total. The van der Waals surface area contributed by atoms with Gasteiger partial charge in [0.1, 0.15) is 0 Å². The third kappa shape index (κ3) is 3.50. The van der Waals surface area contributed by atoms with Gasteiger partial charge in [-0.3, -0.25) is 4.90 Å². The van der Waals surface area contributed by atoms with Crippen LogP contribution in [0.1, 0.15) is 39.5 Å². The van der Waals surface area contributed by atoms with Crippen molar-refractivity contribution >= 4 is 0 Å². The van der Waals surface area contributed by atoms with Gasteiger partial charge in [0, 0.05) is 44.9 Å².